The molecule has 39 heavy (non-hydrogen) atoms. The van der Waals surface area contributed by atoms with E-state index in [0.29, 0.717) is 0 Å². The average molecular weight is 626 g/mol. The van der Waals surface area contributed by atoms with Gasteiger partial charge in [0.1, 0.15) is 0 Å². The molecule has 0 unspecified atom stereocenters. The number of hydrogen-bond acceptors (Lipinski definition) is 3. The number of ether oxygens (including phenoxy) is 1. The van der Waals surface area contributed by atoms with Crippen LogP contribution in [0, 0.1) is 0 Å². The Hall–Kier alpha value is -2.91. The Bertz CT molecular complexity index is 936. The van der Waals surface area contributed by atoms with Gasteiger partial charge in [-0.15, -0.1) is 0 Å². The lowest BCUT2D eigenvalue weighted by molar-refractivity contribution is -0.478. The maximum atomic E-state index is 13.3. The maximum Gasteiger partial charge on any atom is 0.473 e. The zero-order chi connectivity index (χ0) is 32.6. The van der Waals surface area contributed by atoms with Crippen molar-refractivity contribution >= 4 is 11.9 Å². The molecule has 0 saturated carbocycles. The van der Waals surface area contributed by atoms with Gasteiger partial charge in [-0.05, 0) is 6.92 Å². The van der Waals surface area contributed by atoms with Crippen molar-refractivity contribution < 1.29 is 103 Å². The summed E-state index contributed by atoms with van der Waals surface area (Å²) in [5, 5.41) is 7.89. The van der Waals surface area contributed by atoms with Gasteiger partial charge in [0.15, 0.2) is 0 Å². The zero-order valence-corrected chi connectivity index (χ0v) is 17.8. The first-order valence-corrected chi connectivity index (χ1v) is 8.43. The molecule has 0 atom stereocenters. The zero-order valence-electron chi connectivity index (χ0n) is 17.8. The van der Waals surface area contributed by atoms with E-state index >= 15 is 0 Å². The lowest BCUT2D eigenvalue weighted by atomic mass is 9.88. The van der Waals surface area contributed by atoms with Gasteiger partial charge in [0.05, 0.1) is 0 Å². The van der Waals surface area contributed by atoms with Gasteiger partial charge in [0, 0.05) is 11.6 Å². The summed E-state index contributed by atoms with van der Waals surface area (Å²) in [6, 6.07) is 0. The second-order valence-corrected chi connectivity index (χ2v) is 6.75. The van der Waals surface area contributed by atoms with Crippen molar-refractivity contribution in [1.82, 2.24) is 0 Å². The Morgan fingerprint density at radius 2 is 0.821 bits per heavy atom. The number of carboxylic acid groups (broad SMARTS) is 1. The molecule has 4 nitrogen and oxygen atoms in total. The largest absolute Gasteiger partial charge is 0.478 e. The first kappa shape index (κ1) is 38.2. The number of carbonyl (C=O) groups is 2. The predicted molar refractivity (Wildman–Crippen MR) is 84.4 cm³/mol. The highest BCUT2D eigenvalue weighted by molar-refractivity contribution is 5.84. The van der Waals surface area contributed by atoms with Crippen LogP contribution < -0.4 is 0 Å². The molecule has 0 aliphatic rings. The van der Waals surface area contributed by atoms with Crippen LogP contribution in [0.4, 0.5) is 83.4 Å². The predicted octanol–water partition coefficient (Wildman–Crippen LogP) is 6.96. The van der Waals surface area contributed by atoms with Crippen LogP contribution in [0.3, 0.4) is 0 Å². The molecular formula is C16H9F19O4. The number of carboxylic acids is 1. The minimum Gasteiger partial charge on any atom is -0.478 e. The van der Waals surface area contributed by atoms with Crippen LogP contribution in [0.15, 0.2) is 24.8 Å². The summed E-state index contributed by atoms with van der Waals surface area (Å²) in [4.78, 5) is 20.0. The fourth-order valence-electron chi connectivity index (χ4n) is 1.58. The molecule has 0 bridgehead atoms. The molecule has 230 valence electrons. The number of aliphatic carboxylic acids is 1. The number of alkyl halides is 19. The van der Waals surface area contributed by atoms with Crippen LogP contribution >= 0.6 is 0 Å². The molecule has 0 aliphatic carbocycles. The highest BCUT2D eigenvalue weighted by Crippen LogP contribution is 2.65. The second kappa shape index (κ2) is 10.6. The van der Waals surface area contributed by atoms with Gasteiger partial charge < -0.3 is 9.84 Å². The molecule has 0 radical (unpaired) electrons. The molecule has 0 fully saturated rings. The standard InChI is InChI=1S/C12H3F19O2.C4H6O2/c1-2-3(32)33-12(30,31)10(25,26)8(21,22)6(17,18)4(13,14)5(15,16)7(19,20)9(23,24)11(27,28)29;1-3(2)4(5)6/h2H,1H2;1H2,2H3,(H,5,6). The Kier molecular flexibility index (Phi) is 10.4. The Morgan fingerprint density at radius 1 is 0.590 bits per heavy atom. The van der Waals surface area contributed by atoms with Crippen molar-refractivity contribution in [1.29, 1.82) is 0 Å². The van der Waals surface area contributed by atoms with Crippen LogP contribution in [0.25, 0.3) is 0 Å². The number of halogens is 19. The molecule has 23 heteroatoms. The first-order valence-electron chi connectivity index (χ1n) is 8.43. The highest BCUT2D eigenvalue weighted by atomic mass is 19.4. The van der Waals surface area contributed by atoms with E-state index in [2.05, 4.69) is 17.9 Å². The van der Waals surface area contributed by atoms with E-state index in [0.717, 1.165) is 0 Å². The van der Waals surface area contributed by atoms with Crippen molar-refractivity contribution in [2.75, 3.05) is 0 Å². The summed E-state index contributed by atoms with van der Waals surface area (Å²) < 4.78 is 247. The topological polar surface area (TPSA) is 63.6 Å². The number of hydrogen-bond donors (Lipinski definition) is 1. The van der Waals surface area contributed by atoms with Crippen molar-refractivity contribution in [2.45, 2.75) is 60.7 Å². The molecule has 0 amide bonds. The van der Waals surface area contributed by atoms with Crippen molar-refractivity contribution in [3.63, 3.8) is 0 Å². The molecule has 0 spiro atoms. The molecule has 1 N–H and O–H groups in total. The summed E-state index contributed by atoms with van der Waals surface area (Å²) >= 11 is 0. The van der Waals surface area contributed by atoms with Crippen LogP contribution in [0.5, 0.6) is 0 Å². The smallest absolute Gasteiger partial charge is 0.473 e. The third kappa shape index (κ3) is 5.99. The van der Waals surface area contributed by atoms with E-state index in [1.165, 1.54) is 6.92 Å². The third-order valence-corrected chi connectivity index (χ3v) is 3.85. The van der Waals surface area contributed by atoms with Crippen LogP contribution in [0.2, 0.25) is 0 Å². The van der Waals surface area contributed by atoms with Crippen LogP contribution in [-0.2, 0) is 14.3 Å². The SMILES string of the molecule is C=C(C)C(=O)O.C=CC(=O)OC(F)(F)C(F)(F)C(F)(F)C(F)(F)C(F)(F)C(F)(F)C(F)(F)C(F)(F)C(F)(F)F. The second-order valence-electron chi connectivity index (χ2n) is 6.75. The molecule has 0 aromatic heterocycles. The van der Waals surface area contributed by atoms with E-state index in [-0.39, 0.29) is 5.57 Å². The van der Waals surface area contributed by atoms with Crippen LogP contribution in [-0.4, -0.2) is 70.8 Å². The number of esters is 1. The maximum absolute atomic E-state index is 13.3. The minimum atomic E-state index is -9.02. The molecule has 0 rings (SSSR count). The number of rotatable bonds is 10. The van der Waals surface area contributed by atoms with Crippen LogP contribution in [0.1, 0.15) is 6.92 Å². The van der Waals surface area contributed by atoms with Gasteiger partial charge in [0.2, 0.25) is 0 Å². The molecule has 0 aromatic carbocycles. The van der Waals surface area contributed by atoms with Gasteiger partial charge in [0.25, 0.3) is 0 Å². The van der Waals surface area contributed by atoms with E-state index in [9.17, 15) is 93.0 Å². The average Bonchev–Trinajstić information content (AvgIpc) is 2.71. The summed E-state index contributed by atoms with van der Waals surface area (Å²) in [5.41, 5.74) is 0.176. The summed E-state index contributed by atoms with van der Waals surface area (Å²) in [5.74, 6) is -64.8. The lowest BCUT2D eigenvalue weighted by Gasteiger charge is -2.43. The molecular weight excluding hydrogens is 617 g/mol. The Balaban J connectivity index is 0. The quantitative estimate of drug-likeness (QED) is 0.162. The first-order chi connectivity index (χ1) is 16.6. The van der Waals surface area contributed by atoms with Gasteiger partial charge in [-0.2, -0.15) is 83.4 Å². The summed E-state index contributed by atoms with van der Waals surface area (Å²) in [6.07, 6.45) is -15.8. The van der Waals surface area contributed by atoms with Gasteiger partial charge in [-0.25, -0.2) is 9.59 Å². The van der Waals surface area contributed by atoms with E-state index < -0.39 is 71.8 Å². The Labute approximate surface area is 201 Å². The number of carbonyl (C=O) groups excluding carboxylic acids is 1. The van der Waals surface area contributed by atoms with E-state index in [4.69, 9.17) is 5.11 Å². The monoisotopic (exact) mass is 626 g/mol. The van der Waals surface area contributed by atoms with E-state index in [1.807, 2.05) is 0 Å². The van der Waals surface area contributed by atoms with Crippen molar-refractivity contribution in [2.24, 2.45) is 0 Å². The summed E-state index contributed by atoms with van der Waals surface area (Å²) in [7, 11) is 0. The van der Waals surface area contributed by atoms with Gasteiger partial charge in [-0.3, -0.25) is 0 Å². The third-order valence-electron chi connectivity index (χ3n) is 3.85. The normalized spacial score (nSPS) is 14.7. The van der Waals surface area contributed by atoms with Crippen molar-refractivity contribution in [3.8, 4) is 0 Å². The fraction of sp³-hybridized carbons (Fsp3) is 0.625. The molecule has 0 heterocycles. The van der Waals surface area contributed by atoms with Crippen molar-refractivity contribution in [3.05, 3.63) is 24.8 Å². The minimum absolute atomic E-state index is 0.176. The Morgan fingerprint density at radius 3 is 1.03 bits per heavy atom. The van der Waals surface area contributed by atoms with Gasteiger partial charge in [-0.1, -0.05) is 13.2 Å². The highest BCUT2D eigenvalue weighted by Gasteiger charge is 2.97. The fourth-order valence-corrected chi connectivity index (χ4v) is 1.58. The summed E-state index contributed by atoms with van der Waals surface area (Å²) in [6.45, 7) is 6.83. The molecule has 0 aromatic rings. The molecule has 0 saturated heterocycles. The van der Waals surface area contributed by atoms with Gasteiger partial charge >= 0.3 is 65.7 Å². The molecule has 0 aliphatic heterocycles. The lowest BCUT2D eigenvalue weighted by Crippen LogP contribution is -2.76. The van der Waals surface area contributed by atoms with E-state index in [1.54, 1.807) is 0 Å².